The van der Waals surface area contributed by atoms with Crippen LogP contribution in [-0.2, 0) is 5.75 Å². The molecule has 126 valence electrons. The van der Waals surface area contributed by atoms with Crippen LogP contribution in [0.2, 0.25) is 0 Å². The fraction of sp³-hybridized carbons (Fsp3) is 0.222. The Kier molecular flexibility index (Phi) is 4.50. The number of rotatable bonds is 5. The number of hydrogen-bond donors (Lipinski definition) is 0. The number of nitrogens with zero attached hydrogens (tertiary/aromatic N) is 4. The molecule has 0 bridgehead atoms. The second-order valence-corrected chi connectivity index (χ2v) is 7.85. The predicted octanol–water partition coefficient (Wildman–Crippen LogP) is 5.16. The highest BCUT2D eigenvalue weighted by Crippen LogP contribution is 2.36. The number of hydrogen-bond acceptors (Lipinski definition) is 7. The van der Waals surface area contributed by atoms with Gasteiger partial charge in [0.05, 0.1) is 5.75 Å². The Balaban J connectivity index is 1.60. The molecule has 5 nitrogen and oxygen atoms in total. The molecule has 0 N–H and O–H groups in total. The van der Waals surface area contributed by atoms with Crippen molar-refractivity contribution in [2.75, 3.05) is 0 Å². The van der Waals surface area contributed by atoms with Gasteiger partial charge in [-0.3, -0.25) is 0 Å². The molecule has 4 rings (SSSR count). The molecule has 1 aromatic carbocycles. The number of fused-ring (bicyclic) bond motifs is 1. The van der Waals surface area contributed by atoms with Crippen LogP contribution in [0.15, 0.2) is 52.2 Å². The molecule has 0 saturated carbocycles. The Morgan fingerprint density at radius 3 is 2.72 bits per heavy atom. The van der Waals surface area contributed by atoms with E-state index in [1.54, 1.807) is 29.4 Å². The zero-order chi connectivity index (χ0) is 17.2. The minimum Gasteiger partial charge on any atom is -0.424 e. The van der Waals surface area contributed by atoms with Gasteiger partial charge in [-0.15, -0.1) is 21.5 Å². The van der Waals surface area contributed by atoms with E-state index in [-0.39, 0.29) is 5.92 Å². The lowest BCUT2D eigenvalue weighted by Gasteiger charge is -1.99. The highest BCUT2D eigenvalue weighted by Gasteiger charge is 2.13. The molecular formula is C18H16N4OS2. The molecule has 0 aliphatic rings. The van der Waals surface area contributed by atoms with Crippen LogP contribution in [0.3, 0.4) is 0 Å². The quantitative estimate of drug-likeness (QED) is 0.358. The summed E-state index contributed by atoms with van der Waals surface area (Å²) in [5.74, 6) is 2.13. The zero-order valence-electron chi connectivity index (χ0n) is 13.8. The summed E-state index contributed by atoms with van der Waals surface area (Å²) in [6, 6.07) is 12.5. The van der Waals surface area contributed by atoms with E-state index in [1.165, 1.54) is 10.4 Å². The maximum Gasteiger partial charge on any atom is 0.226 e. The minimum absolute atomic E-state index is 0.238. The van der Waals surface area contributed by atoms with Crippen molar-refractivity contribution in [1.29, 1.82) is 0 Å². The molecular weight excluding hydrogens is 352 g/mol. The fourth-order valence-electron chi connectivity index (χ4n) is 2.38. The molecule has 25 heavy (non-hydrogen) atoms. The van der Waals surface area contributed by atoms with E-state index < -0.39 is 0 Å². The first-order valence-corrected chi connectivity index (χ1v) is 9.76. The highest BCUT2D eigenvalue weighted by molar-refractivity contribution is 7.98. The van der Waals surface area contributed by atoms with Crippen molar-refractivity contribution < 1.29 is 4.42 Å². The molecule has 3 aromatic heterocycles. The minimum atomic E-state index is 0.238. The van der Waals surface area contributed by atoms with Crippen LogP contribution < -0.4 is 0 Å². The molecule has 0 fully saturated rings. The normalized spacial score (nSPS) is 11.5. The summed E-state index contributed by atoms with van der Waals surface area (Å²) in [7, 11) is 0. The summed E-state index contributed by atoms with van der Waals surface area (Å²) in [5, 5.41) is 10.2. The topological polar surface area (TPSA) is 64.7 Å². The van der Waals surface area contributed by atoms with Crippen LogP contribution in [0.5, 0.6) is 0 Å². The van der Waals surface area contributed by atoms with E-state index in [4.69, 9.17) is 4.42 Å². The average Bonchev–Trinajstić information content (AvgIpc) is 3.28. The second-order valence-electron chi connectivity index (χ2n) is 5.85. The van der Waals surface area contributed by atoms with Gasteiger partial charge in [-0.2, -0.15) is 0 Å². The molecule has 0 atom stereocenters. The number of thiophene rings is 1. The SMILES string of the molecule is CC(C)c1nnc(CSc2ncnc3sc(-c4ccccc4)cc23)o1. The van der Waals surface area contributed by atoms with E-state index in [2.05, 4.69) is 38.4 Å². The van der Waals surface area contributed by atoms with Gasteiger partial charge < -0.3 is 4.42 Å². The predicted molar refractivity (Wildman–Crippen MR) is 101 cm³/mol. The molecule has 0 aliphatic heterocycles. The molecule has 0 amide bonds. The van der Waals surface area contributed by atoms with E-state index in [1.807, 2.05) is 32.0 Å². The van der Waals surface area contributed by atoms with E-state index >= 15 is 0 Å². The van der Waals surface area contributed by atoms with Gasteiger partial charge in [0, 0.05) is 16.2 Å². The van der Waals surface area contributed by atoms with Gasteiger partial charge in [0.15, 0.2) is 0 Å². The van der Waals surface area contributed by atoms with Crippen LogP contribution in [0, 0.1) is 0 Å². The lowest BCUT2D eigenvalue weighted by molar-refractivity contribution is 0.445. The van der Waals surface area contributed by atoms with Gasteiger partial charge in [0.1, 0.15) is 16.2 Å². The van der Waals surface area contributed by atoms with E-state index in [0.29, 0.717) is 17.5 Å². The van der Waals surface area contributed by atoms with Crippen LogP contribution >= 0.6 is 23.1 Å². The lowest BCUT2D eigenvalue weighted by Crippen LogP contribution is -1.85. The molecule has 3 heterocycles. The zero-order valence-corrected chi connectivity index (χ0v) is 15.5. The Bertz CT molecular complexity index is 995. The van der Waals surface area contributed by atoms with Crippen molar-refractivity contribution in [2.45, 2.75) is 30.5 Å². The first kappa shape index (κ1) is 16.2. The van der Waals surface area contributed by atoms with Crippen molar-refractivity contribution >= 4 is 33.3 Å². The standard InChI is InChI=1S/C18H16N4OS2/c1-11(2)16-22-21-15(23-16)9-24-17-13-8-14(12-6-4-3-5-7-12)25-18(13)20-10-19-17/h3-8,10-11H,9H2,1-2H3. The largest absolute Gasteiger partial charge is 0.424 e. The molecule has 4 aromatic rings. The van der Waals surface area contributed by atoms with Crippen molar-refractivity contribution in [3.63, 3.8) is 0 Å². The van der Waals surface area contributed by atoms with Gasteiger partial charge >= 0.3 is 0 Å². The van der Waals surface area contributed by atoms with Crippen LogP contribution in [0.25, 0.3) is 20.7 Å². The summed E-state index contributed by atoms with van der Waals surface area (Å²) in [6.07, 6.45) is 1.61. The smallest absolute Gasteiger partial charge is 0.226 e. The first-order valence-electron chi connectivity index (χ1n) is 7.96. The van der Waals surface area contributed by atoms with Crippen LogP contribution in [-0.4, -0.2) is 20.2 Å². The molecule has 0 aliphatic carbocycles. The number of thioether (sulfide) groups is 1. The summed E-state index contributed by atoms with van der Waals surface area (Å²) in [6.45, 7) is 4.07. The monoisotopic (exact) mass is 368 g/mol. The van der Waals surface area contributed by atoms with Gasteiger partial charge in [0.25, 0.3) is 0 Å². The maximum atomic E-state index is 5.67. The van der Waals surface area contributed by atoms with E-state index in [9.17, 15) is 0 Å². The van der Waals surface area contributed by atoms with E-state index in [0.717, 1.165) is 15.2 Å². The molecule has 7 heteroatoms. The Morgan fingerprint density at radius 1 is 1.12 bits per heavy atom. The second kappa shape index (κ2) is 6.93. The number of aromatic nitrogens is 4. The third kappa shape index (κ3) is 3.43. The van der Waals surface area contributed by atoms with Crippen LogP contribution in [0.1, 0.15) is 31.5 Å². The summed E-state index contributed by atoms with van der Waals surface area (Å²) >= 11 is 3.27. The third-order valence-electron chi connectivity index (χ3n) is 3.66. The van der Waals surface area contributed by atoms with Crippen molar-refractivity contribution in [1.82, 2.24) is 20.2 Å². The van der Waals surface area contributed by atoms with Crippen LogP contribution in [0.4, 0.5) is 0 Å². The lowest BCUT2D eigenvalue weighted by atomic mass is 10.2. The third-order valence-corrected chi connectivity index (χ3v) is 5.74. The number of benzene rings is 1. The van der Waals surface area contributed by atoms with Gasteiger partial charge in [-0.1, -0.05) is 55.9 Å². The molecule has 0 spiro atoms. The summed E-state index contributed by atoms with van der Waals surface area (Å²) < 4.78 is 5.67. The maximum absolute atomic E-state index is 5.67. The Labute approximate surface area is 153 Å². The fourth-order valence-corrected chi connectivity index (χ4v) is 4.26. The molecule has 0 saturated heterocycles. The molecule has 0 unspecified atom stereocenters. The first-order chi connectivity index (χ1) is 12.2. The average molecular weight is 368 g/mol. The summed E-state index contributed by atoms with van der Waals surface area (Å²) in [4.78, 5) is 11.0. The Hall–Kier alpha value is -2.25. The van der Waals surface area contributed by atoms with Crippen molar-refractivity contribution in [3.8, 4) is 10.4 Å². The summed E-state index contributed by atoms with van der Waals surface area (Å²) in [5.41, 5.74) is 1.19. The van der Waals surface area contributed by atoms with Gasteiger partial charge in [-0.25, -0.2) is 9.97 Å². The van der Waals surface area contributed by atoms with Crippen molar-refractivity contribution in [2.24, 2.45) is 0 Å². The van der Waals surface area contributed by atoms with Crippen molar-refractivity contribution in [3.05, 3.63) is 54.5 Å². The van der Waals surface area contributed by atoms with Gasteiger partial charge in [0.2, 0.25) is 11.8 Å². The Morgan fingerprint density at radius 2 is 1.96 bits per heavy atom. The van der Waals surface area contributed by atoms with Gasteiger partial charge in [-0.05, 0) is 11.6 Å². The highest BCUT2D eigenvalue weighted by atomic mass is 32.2. The molecule has 0 radical (unpaired) electrons.